The van der Waals surface area contributed by atoms with Gasteiger partial charge in [-0.25, -0.2) is 0 Å². The van der Waals surface area contributed by atoms with E-state index in [2.05, 4.69) is 18.3 Å². The van der Waals surface area contributed by atoms with Crippen LogP contribution < -0.4 is 0 Å². The second-order valence-electron chi connectivity index (χ2n) is 1.74. The molecule has 0 amide bonds. The van der Waals surface area contributed by atoms with Gasteiger partial charge in [-0.15, -0.1) is 0 Å². The number of carbonyl (C=O) groups is 1. The van der Waals surface area contributed by atoms with Gasteiger partial charge < -0.3 is 0 Å². The van der Waals surface area contributed by atoms with Crippen LogP contribution in [0.25, 0.3) is 0 Å². The third-order valence-corrected chi connectivity index (χ3v) is 1.22. The van der Waals surface area contributed by atoms with E-state index in [-0.39, 0.29) is 0 Å². The monoisotopic (exact) mass is 137 g/mol. The second-order valence-corrected chi connectivity index (χ2v) is 1.74. The van der Waals surface area contributed by atoms with Crippen LogP contribution in [-0.2, 0) is 4.79 Å². The minimum atomic E-state index is 0.581. The molecule has 0 fully saturated rings. The van der Waals surface area contributed by atoms with Gasteiger partial charge in [0.25, 0.3) is 0 Å². The summed E-state index contributed by atoms with van der Waals surface area (Å²) in [6.07, 6.45) is 2.98. The van der Waals surface area contributed by atoms with Gasteiger partial charge in [-0.1, -0.05) is 13.5 Å². The van der Waals surface area contributed by atoms with Crippen LogP contribution in [0.2, 0.25) is 0 Å². The zero-order valence-corrected chi connectivity index (χ0v) is 6.13. The van der Waals surface area contributed by atoms with Crippen LogP contribution in [0.5, 0.6) is 0 Å². The quantitative estimate of drug-likeness (QED) is 0.251. The highest BCUT2D eigenvalue weighted by Crippen LogP contribution is 2.07. The highest BCUT2D eigenvalue weighted by molar-refractivity contribution is 5.75. The zero-order valence-electron chi connectivity index (χ0n) is 6.13. The summed E-state index contributed by atoms with van der Waals surface area (Å²) in [6, 6.07) is 0. The highest BCUT2D eigenvalue weighted by atomic mass is 16.1. The summed E-state index contributed by atoms with van der Waals surface area (Å²) < 4.78 is 0. The summed E-state index contributed by atoms with van der Waals surface area (Å²) in [5.74, 6) is 0. The number of rotatable bonds is 4. The van der Waals surface area contributed by atoms with Crippen molar-refractivity contribution in [2.45, 2.75) is 13.3 Å². The Morgan fingerprint density at radius 1 is 1.70 bits per heavy atom. The van der Waals surface area contributed by atoms with Crippen LogP contribution in [-0.4, -0.2) is 13.0 Å². The molecule has 0 atom stereocenters. The van der Waals surface area contributed by atoms with Gasteiger partial charge in [0.2, 0.25) is 0 Å². The number of aliphatic imine (C=N–C) groups is 1. The molecule has 0 aromatic carbocycles. The van der Waals surface area contributed by atoms with E-state index in [4.69, 9.17) is 0 Å². The van der Waals surface area contributed by atoms with Crippen LogP contribution in [0.1, 0.15) is 13.3 Å². The lowest BCUT2D eigenvalue weighted by Crippen LogP contribution is -1.86. The number of hydrogen-bond acceptors (Lipinski definition) is 2. The number of aldehydes is 1. The SMILES string of the molecule is C=C/C(N=C)=C(\C=O)CC. The van der Waals surface area contributed by atoms with E-state index in [1.165, 1.54) is 6.08 Å². The van der Waals surface area contributed by atoms with Crippen molar-refractivity contribution >= 4 is 13.0 Å². The lowest BCUT2D eigenvalue weighted by Gasteiger charge is -1.95. The molecule has 10 heavy (non-hydrogen) atoms. The third kappa shape index (κ3) is 1.97. The molecule has 0 spiro atoms. The average molecular weight is 137 g/mol. The summed E-state index contributed by atoms with van der Waals surface area (Å²) in [5, 5.41) is 0. The van der Waals surface area contributed by atoms with Gasteiger partial charge in [0, 0.05) is 5.57 Å². The Labute approximate surface area is 61.0 Å². The van der Waals surface area contributed by atoms with Crippen molar-refractivity contribution in [1.82, 2.24) is 0 Å². The Morgan fingerprint density at radius 2 is 2.30 bits per heavy atom. The maximum Gasteiger partial charge on any atom is 0.148 e. The molecule has 0 radical (unpaired) electrons. The topological polar surface area (TPSA) is 29.4 Å². The van der Waals surface area contributed by atoms with Crippen molar-refractivity contribution in [2.24, 2.45) is 4.99 Å². The van der Waals surface area contributed by atoms with Crippen molar-refractivity contribution in [2.75, 3.05) is 0 Å². The predicted octanol–water partition coefficient (Wildman–Crippen LogP) is 1.74. The predicted molar refractivity (Wildman–Crippen MR) is 43.1 cm³/mol. The van der Waals surface area contributed by atoms with Gasteiger partial charge in [0.15, 0.2) is 0 Å². The van der Waals surface area contributed by atoms with Gasteiger partial charge in [-0.05, 0) is 19.2 Å². The fourth-order valence-corrected chi connectivity index (χ4v) is 0.622. The van der Waals surface area contributed by atoms with E-state index in [0.29, 0.717) is 17.7 Å². The zero-order chi connectivity index (χ0) is 7.98. The van der Waals surface area contributed by atoms with Crippen molar-refractivity contribution in [1.29, 1.82) is 0 Å². The summed E-state index contributed by atoms with van der Waals surface area (Å²) in [7, 11) is 0. The van der Waals surface area contributed by atoms with E-state index in [9.17, 15) is 4.79 Å². The van der Waals surface area contributed by atoms with Crippen LogP contribution in [0.4, 0.5) is 0 Å². The molecule has 0 aliphatic rings. The molecule has 0 saturated heterocycles. The molecule has 0 heterocycles. The molecule has 0 aliphatic carbocycles. The highest BCUT2D eigenvalue weighted by Gasteiger charge is 1.96. The van der Waals surface area contributed by atoms with E-state index < -0.39 is 0 Å². The Kier molecular flexibility index (Phi) is 4.12. The number of allylic oxidation sites excluding steroid dienone is 2. The number of nitrogens with zero attached hydrogens (tertiary/aromatic N) is 1. The van der Waals surface area contributed by atoms with Crippen molar-refractivity contribution in [3.05, 3.63) is 23.9 Å². The van der Waals surface area contributed by atoms with Crippen molar-refractivity contribution in [3.8, 4) is 0 Å². The Morgan fingerprint density at radius 3 is 2.40 bits per heavy atom. The molecule has 2 nitrogen and oxygen atoms in total. The molecular weight excluding hydrogens is 126 g/mol. The normalized spacial score (nSPS) is 11.7. The molecule has 0 rings (SSSR count). The maximum atomic E-state index is 10.3. The third-order valence-electron chi connectivity index (χ3n) is 1.22. The molecule has 54 valence electrons. The minimum Gasteiger partial charge on any atom is -0.298 e. The Hall–Kier alpha value is -1.18. The first-order chi connectivity index (χ1) is 4.79. The average Bonchev–Trinajstić information content (AvgIpc) is 2.00. The number of carbonyl (C=O) groups excluding carboxylic acids is 1. The lowest BCUT2D eigenvalue weighted by molar-refractivity contribution is -0.105. The molecule has 0 saturated carbocycles. The van der Waals surface area contributed by atoms with E-state index in [0.717, 1.165) is 6.29 Å². The Bertz CT molecular complexity index is 170. The van der Waals surface area contributed by atoms with Crippen LogP contribution in [0.15, 0.2) is 28.9 Å². The van der Waals surface area contributed by atoms with Gasteiger partial charge in [-0.2, -0.15) is 0 Å². The smallest absolute Gasteiger partial charge is 0.148 e. The molecule has 0 aliphatic heterocycles. The lowest BCUT2D eigenvalue weighted by atomic mass is 10.2. The number of hydrogen-bond donors (Lipinski definition) is 0. The summed E-state index contributed by atoms with van der Waals surface area (Å²) in [5.41, 5.74) is 1.22. The molecule has 0 aromatic rings. The largest absolute Gasteiger partial charge is 0.298 e. The van der Waals surface area contributed by atoms with Gasteiger partial charge in [0.05, 0.1) is 5.70 Å². The van der Waals surface area contributed by atoms with Crippen LogP contribution in [0.3, 0.4) is 0 Å². The van der Waals surface area contributed by atoms with Gasteiger partial charge >= 0.3 is 0 Å². The first kappa shape index (κ1) is 8.82. The summed E-state index contributed by atoms with van der Waals surface area (Å²) >= 11 is 0. The minimum absolute atomic E-state index is 0.581. The fraction of sp³-hybridized carbons (Fsp3) is 0.250. The van der Waals surface area contributed by atoms with E-state index in [1.54, 1.807) is 0 Å². The molecule has 0 unspecified atom stereocenters. The van der Waals surface area contributed by atoms with E-state index >= 15 is 0 Å². The van der Waals surface area contributed by atoms with Crippen molar-refractivity contribution in [3.63, 3.8) is 0 Å². The standard InChI is InChI=1S/C8H11NO/c1-4-7(6-10)8(5-2)9-3/h5-6H,2-4H2,1H3/b8-7+. The summed E-state index contributed by atoms with van der Waals surface area (Å²) in [4.78, 5) is 13.9. The first-order valence-corrected chi connectivity index (χ1v) is 3.07. The molecule has 0 bridgehead atoms. The maximum absolute atomic E-state index is 10.3. The van der Waals surface area contributed by atoms with Gasteiger partial charge in [-0.3, -0.25) is 9.79 Å². The van der Waals surface area contributed by atoms with Crippen LogP contribution in [0, 0.1) is 0 Å². The van der Waals surface area contributed by atoms with E-state index in [1.807, 2.05) is 6.92 Å². The second kappa shape index (κ2) is 4.68. The van der Waals surface area contributed by atoms with Crippen molar-refractivity contribution < 1.29 is 4.79 Å². The molecule has 0 aromatic heterocycles. The van der Waals surface area contributed by atoms with Gasteiger partial charge in [0.1, 0.15) is 6.29 Å². The fourth-order valence-electron chi connectivity index (χ4n) is 0.622. The van der Waals surface area contributed by atoms with Crippen LogP contribution >= 0.6 is 0 Å². The Balaban J connectivity index is 4.67. The summed E-state index contributed by atoms with van der Waals surface area (Å²) in [6.45, 7) is 8.70. The first-order valence-electron chi connectivity index (χ1n) is 3.07. The molecular formula is C8H11NO. The molecule has 2 heteroatoms. The molecule has 0 N–H and O–H groups in total.